The van der Waals surface area contributed by atoms with E-state index in [1.165, 1.54) is 0 Å². The quantitative estimate of drug-likeness (QED) is 0.587. The van der Waals surface area contributed by atoms with Crippen LogP contribution in [0.25, 0.3) is 10.3 Å². The predicted octanol–water partition coefficient (Wildman–Crippen LogP) is 2.97. The van der Waals surface area contributed by atoms with E-state index in [1.807, 2.05) is 12.1 Å². The SMILES string of the molecule is COc1ccc(COc2ccc3nc(CP(=O)(O)O)sc3n2)cc1OC. The van der Waals surface area contributed by atoms with Gasteiger partial charge >= 0.3 is 7.60 Å². The number of nitrogens with zero attached hydrogens (tertiary/aromatic N) is 2. The third-order valence-electron chi connectivity index (χ3n) is 3.45. The van der Waals surface area contributed by atoms with Crippen molar-refractivity contribution >= 4 is 29.3 Å². The number of hydrogen-bond acceptors (Lipinski definition) is 7. The second-order valence-corrected chi connectivity index (χ2v) is 8.09. The molecule has 3 rings (SSSR count). The first-order chi connectivity index (χ1) is 12.4. The van der Waals surface area contributed by atoms with E-state index in [1.54, 1.807) is 32.4 Å². The Labute approximate surface area is 153 Å². The van der Waals surface area contributed by atoms with Gasteiger partial charge in [-0.15, -0.1) is 0 Å². The van der Waals surface area contributed by atoms with Gasteiger partial charge in [0.2, 0.25) is 5.88 Å². The normalized spacial score (nSPS) is 11.5. The molecule has 0 saturated heterocycles. The van der Waals surface area contributed by atoms with E-state index >= 15 is 0 Å². The first kappa shape index (κ1) is 18.6. The molecule has 26 heavy (non-hydrogen) atoms. The summed E-state index contributed by atoms with van der Waals surface area (Å²) in [5.74, 6) is 1.65. The second kappa shape index (κ2) is 7.59. The average Bonchev–Trinajstić information content (AvgIpc) is 2.98. The minimum Gasteiger partial charge on any atom is -0.493 e. The number of fused-ring (bicyclic) bond motifs is 1. The van der Waals surface area contributed by atoms with Crippen LogP contribution in [0.3, 0.4) is 0 Å². The van der Waals surface area contributed by atoms with Crippen LogP contribution in [0.2, 0.25) is 0 Å². The van der Waals surface area contributed by atoms with Gasteiger partial charge in [-0.2, -0.15) is 0 Å². The number of pyridine rings is 1. The van der Waals surface area contributed by atoms with Crippen LogP contribution >= 0.6 is 18.9 Å². The molecule has 8 nitrogen and oxygen atoms in total. The highest BCUT2D eigenvalue weighted by Gasteiger charge is 2.18. The molecule has 0 saturated carbocycles. The smallest absolute Gasteiger partial charge is 0.332 e. The number of aromatic nitrogens is 2. The molecule has 0 radical (unpaired) electrons. The Bertz CT molecular complexity index is 971. The van der Waals surface area contributed by atoms with E-state index in [2.05, 4.69) is 9.97 Å². The predicted molar refractivity (Wildman–Crippen MR) is 97.0 cm³/mol. The van der Waals surface area contributed by atoms with Crippen molar-refractivity contribution in [1.82, 2.24) is 9.97 Å². The maximum atomic E-state index is 11.1. The fourth-order valence-electron chi connectivity index (χ4n) is 2.30. The molecular formula is C16H17N2O6PS. The Morgan fingerprint density at radius 1 is 1.08 bits per heavy atom. The summed E-state index contributed by atoms with van der Waals surface area (Å²) >= 11 is 1.14. The molecule has 0 atom stereocenters. The van der Waals surface area contributed by atoms with Crippen molar-refractivity contribution < 1.29 is 28.6 Å². The fourth-order valence-corrected chi connectivity index (χ4v) is 4.20. The first-order valence-electron chi connectivity index (χ1n) is 7.52. The first-order valence-corrected chi connectivity index (χ1v) is 10.1. The average molecular weight is 396 g/mol. The molecule has 2 heterocycles. The highest BCUT2D eigenvalue weighted by atomic mass is 32.1. The summed E-state index contributed by atoms with van der Waals surface area (Å²) < 4.78 is 27.3. The Kier molecular flexibility index (Phi) is 5.43. The maximum absolute atomic E-state index is 11.1. The van der Waals surface area contributed by atoms with E-state index < -0.39 is 13.8 Å². The van der Waals surface area contributed by atoms with E-state index in [-0.39, 0.29) is 6.61 Å². The molecule has 0 amide bonds. The zero-order chi connectivity index (χ0) is 18.7. The van der Waals surface area contributed by atoms with Gasteiger partial charge in [0.25, 0.3) is 0 Å². The van der Waals surface area contributed by atoms with E-state index in [0.717, 1.165) is 16.9 Å². The van der Waals surface area contributed by atoms with Crippen molar-refractivity contribution in [3.8, 4) is 17.4 Å². The lowest BCUT2D eigenvalue weighted by Crippen LogP contribution is -1.98. The van der Waals surface area contributed by atoms with Crippen molar-refractivity contribution in [2.75, 3.05) is 14.2 Å². The summed E-state index contributed by atoms with van der Waals surface area (Å²) in [7, 11) is -1.02. The Morgan fingerprint density at radius 3 is 2.54 bits per heavy atom. The molecule has 0 aliphatic heterocycles. The lowest BCUT2D eigenvalue weighted by atomic mass is 10.2. The summed E-state index contributed by atoms with van der Waals surface area (Å²) in [6.07, 6.45) is -0.393. The van der Waals surface area contributed by atoms with Crippen LogP contribution in [-0.2, 0) is 17.3 Å². The van der Waals surface area contributed by atoms with Gasteiger partial charge in [0.05, 0.1) is 14.2 Å². The van der Waals surface area contributed by atoms with Crippen LogP contribution in [0.1, 0.15) is 10.6 Å². The fraction of sp³-hybridized carbons (Fsp3) is 0.250. The van der Waals surface area contributed by atoms with E-state index in [9.17, 15) is 4.57 Å². The number of benzene rings is 1. The molecule has 3 aromatic rings. The van der Waals surface area contributed by atoms with Crippen molar-refractivity contribution in [2.45, 2.75) is 12.8 Å². The maximum Gasteiger partial charge on any atom is 0.332 e. The Hall–Kier alpha value is -2.19. The summed E-state index contributed by atoms with van der Waals surface area (Å²) in [6, 6.07) is 8.87. The van der Waals surface area contributed by atoms with Gasteiger partial charge in [-0.05, 0) is 23.8 Å². The summed E-state index contributed by atoms with van der Waals surface area (Å²) in [5, 5.41) is 0.345. The molecule has 1 aromatic carbocycles. The van der Waals surface area contributed by atoms with Crippen molar-refractivity contribution in [3.63, 3.8) is 0 Å². The number of hydrogen-bond donors (Lipinski definition) is 2. The standard InChI is InChI=1S/C16H17N2O6PS/c1-22-12-5-3-10(7-13(12)23-2)8-24-14-6-4-11-16(18-14)26-15(17-11)9-25(19,20)21/h3-7H,8-9H2,1-2H3,(H2,19,20,21). The van der Waals surface area contributed by atoms with Crippen molar-refractivity contribution in [2.24, 2.45) is 0 Å². The van der Waals surface area contributed by atoms with Gasteiger partial charge in [0, 0.05) is 6.07 Å². The third kappa shape index (κ3) is 4.50. The van der Waals surface area contributed by atoms with E-state index in [4.69, 9.17) is 24.0 Å². The molecule has 0 spiro atoms. The summed E-state index contributed by atoms with van der Waals surface area (Å²) in [5.41, 5.74) is 1.47. The molecule has 0 fully saturated rings. The third-order valence-corrected chi connectivity index (χ3v) is 5.34. The largest absolute Gasteiger partial charge is 0.493 e. The minimum atomic E-state index is -4.16. The van der Waals surface area contributed by atoms with E-state index in [0.29, 0.717) is 32.7 Å². The number of thiazole rings is 1. The van der Waals surface area contributed by atoms with Crippen LogP contribution in [0.5, 0.6) is 17.4 Å². The summed E-state index contributed by atoms with van der Waals surface area (Å²) in [4.78, 5) is 27.2. The highest BCUT2D eigenvalue weighted by Crippen LogP contribution is 2.40. The van der Waals surface area contributed by atoms with Gasteiger partial charge in [0.1, 0.15) is 28.1 Å². The van der Waals surface area contributed by atoms with Gasteiger partial charge in [0.15, 0.2) is 11.5 Å². The molecule has 0 aliphatic rings. The lowest BCUT2D eigenvalue weighted by Gasteiger charge is -2.10. The summed E-state index contributed by atoms with van der Waals surface area (Å²) in [6.45, 7) is 0.285. The van der Waals surface area contributed by atoms with Crippen LogP contribution in [-0.4, -0.2) is 34.0 Å². The van der Waals surface area contributed by atoms with Crippen molar-refractivity contribution in [3.05, 3.63) is 40.9 Å². The van der Waals surface area contributed by atoms with Gasteiger partial charge in [-0.3, -0.25) is 4.57 Å². The molecule has 138 valence electrons. The van der Waals surface area contributed by atoms with Crippen LogP contribution < -0.4 is 14.2 Å². The Morgan fingerprint density at radius 2 is 1.85 bits per heavy atom. The second-order valence-electron chi connectivity index (χ2n) is 5.38. The number of rotatable bonds is 7. The van der Waals surface area contributed by atoms with Crippen molar-refractivity contribution in [1.29, 1.82) is 0 Å². The van der Waals surface area contributed by atoms with Crippen LogP contribution in [0.4, 0.5) is 0 Å². The minimum absolute atomic E-state index is 0.285. The zero-order valence-corrected chi connectivity index (χ0v) is 15.8. The molecule has 2 N–H and O–H groups in total. The van der Waals surface area contributed by atoms with Gasteiger partial charge in [-0.25, -0.2) is 9.97 Å². The topological polar surface area (TPSA) is 111 Å². The molecule has 0 bridgehead atoms. The zero-order valence-electron chi connectivity index (χ0n) is 14.1. The number of ether oxygens (including phenoxy) is 3. The monoisotopic (exact) mass is 396 g/mol. The molecule has 10 heteroatoms. The highest BCUT2D eigenvalue weighted by molar-refractivity contribution is 7.51. The molecule has 0 aliphatic carbocycles. The Balaban J connectivity index is 1.74. The molecular weight excluding hydrogens is 379 g/mol. The number of methoxy groups -OCH3 is 2. The van der Waals surface area contributed by atoms with Gasteiger partial charge in [-0.1, -0.05) is 17.4 Å². The van der Waals surface area contributed by atoms with Crippen LogP contribution in [0, 0.1) is 0 Å². The molecule has 2 aromatic heterocycles. The van der Waals surface area contributed by atoms with Crippen LogP contribution in [0.15, 0.2) is 30.3 Å². The lowest BCUT2D eigenvalue weighted by molar-refractivity contribution is 0.293. The van der Waals surface area contributed by atoms with Gasteiger partial charge < -0.3 is 24.0 Å². The molecule has 0 unspecified atom stereocenters.